The van der Waals surface area contributed by atoms with Gasteiger partial charge in [0.2, 0.25) is 11.8 Å². The minimum Gasteiger partial charge on any atom is -0.419 e. The molecule has 0 radical (unpaired) electrons. The van der Waals surface area contributed by atoms with Crippen LogP contribution in [-0.2, 0) is 6.54 Å². The zero-order chi connectivity index (χ0) is 17.6. The number of aliphatic hydroxyl groups is 1. The molecule has 1 aliphatic carbocycles. The smallest absolute Gasteiger partial charge is 0.269 e. The van der Waals surface area contributed by atoms with E-state index in [2.05, 4.69) is 15.1 Å². The summed E-state index contributed by atoms with van der Waals surface area (Å²) in [6.07, 6.45) is 5.95. The van der Waals surface area contributed by atoms with E-state index in [4.69, 9.17) is 4.42 Å². The Morgan fingerprint density at radius 1 is 1.20 bits per heavy atom. The molecule has 0 bridgehead atoms. The van der Waals surface area contributed by atoms with Crippen molar-refractivity contribution in [2.75, 3.05) is 13.2 Å². The van der Waals surface area contributed by atoms with E-state index >= 15 is 0 Å². The first-order chi connectivity index (χ1) is 12.2. The number of nitro benzene ring substituents is 1. The zero-order valence-electron chi connectivity index (χ0n) is 14.0. The van der Waals surface area contributed by atoms with E-state index in [-0.39, 0.29) is 12.3 Å². The first-order valence-electron chi connectivity index (χ1n) is 8.59. The van der Waals surface area contributed by atoms with Crippen molar-refractivity contribution in [2.24, 2.45) is 0 Å². The summed E-state index contributed by atoms with van der Waals surface area (Å²) in [5.41, 5.74) is 0.672. The van der Waals surface area contributed by atoms with Gasteiger partial charge in [-0.2, -0.15) is 0 Å². The summed E-state index contributed by atoms with van der Waals surface area (Å²) in [5, 5.41) is 28.2. The van der Waals surface area contributed by atoms with Gasteiger partial charge >= 0.3 is 0 Å². The van der Waals surface area contributed by atoms with Crippen molar-refractivity contribution < 1.29 is 14.4 Å². The summed E-state index contributed by atoms with van der Waals surface area (Å²) >= 11 is 0. The maximum Gasteiger partial charge on any atom is 0.269 e. The molecule has 0 unspecified atom stereocenters. The molecule has 1 saturated carbocycles. The standard InChI is InChI=1S/C17H22N4O4/c22-11-10-20(14-4-2-1-3-5-14)12-16-18-19-17(25-16)13-6-8-15(9-7-13)21(23)24/h6-9,14,22H,1-5,10-12H2. The van der Waals surface area contributed by atoms with Crippen LogP contribution in [0.15, 0.2) is 28.7 Å². The lowest BCUT2D eigenvalue weighted by Crippen LogP contribution is -2.38. The van der Waals surface area contributed by atoms with Gasteiger partial charge in [-0.1, -0.05) is 19.3 Å². The Hall–Kier alpha value is -2.32. The maximum atomic E-state index is 10.7. The number of non-ortho nitro benzene ring substituents is 1. The topological polar surface area (TPSA) is 106 Å². The quantitative estimate of drug-likeness (QED) is 0.607. The molecule has 1 fully saturated rings. The first kappa shape index (κ1) is 17.5. The van der Waals surface area contributed by atoms with Crippen molar-refractivity contribution in [3.05, 3.63) is 40.3 Å². The predicted octanol–water partition coefficient (Wildman–Crippen LogP) is 2.77. The minimum atomic E-state index is -0.444. The molecule has 1 aliphatic rings. The number of nitro groups is 1. The van der Waals surface area contributed by atoms with Crippen molar-refractivity contribution in [1.82, 2.24) is 15.1 Å². The normalized spacial score (nSPS) is 15.6. The van der Waals surface area contributed by atoms with Gasteiger partial charge in [-0.25, -0.2) is 0 Å². The Morgan fingerprint density at radius 3 is 2.56 bits per heavy atom. The van der Waals surface area contributed by atoms with Gasteiger partial charge in [-0.05, 0) is 25.0 Å². The molecule has 1 aromatic carbocycles. The molecule has 8 heteroatoms. The summed E-state index contributed by atoms with van der Waals surface area (Å²) in [7, 11) is 0. The number of benzene rings is 1. The van der Waals surface area contributed by atoms with Crippen LogP contribution in [0.1, 0.15) is 38.0 Å². The van der Waals surface area contributed by atoms with Crippen molar-refractivity contribution in [3.63, 3.8) is 0 Å². The number of rotatable bonds is 7. The van der Waals surface area contributed by atoms with E-state index in [1.54, 1.807) is 12.1 Å². The monoisotopic (exact) mass is 346 g/mol. The van der Waals surface area contributed by atoms with Crippen molar-refractivity contribution >= 4 is 5.69 Å². The summed E-state index contributed by atoms with van der Waals surface area (Å²) in [5.74, 6) is 0.838. The molecule has 1 heterocycles. The number of hydrogen-bond acceptors (Lipinski definition) is 7. The maximum absolute atomic E-state index is 10.7. The zero-order valence-corrected chi connectivity index (χ0v) is 14.0. The fraction of sp³-hybridized carbons (Fsp3) is 0.529. The predicted molar refractivity (Wildman–Crippen MR) is 90.8 cm³/mol. The molecular weight excluding hydrogens is 324 g/mol. The van der Waals surface area contributed by atoms with Gasteiger partial charge in [-0.3, -0.25) is 15.0 Å². The summed E-state index contributed by atoms with van der Waals surface area (Å²) in [4.78, 5) is 12.5. The Labute approximate surface area is 145 Å². The molecular formula is C17H22N4O4. The van der Waals surface area contributed by atoms with Gasteiger partial charge in [0.15, 0.2) is 0 Å². The number of aromatic nitrogens is 2. The largest absolute Gasteiger partial charge is 0.419 e. The van der Waals surface area contributed by atoms with E-state index in [1.807, 2.05) is 0 Å². The Balaban J connectivity index is 1.69. The Bertz CT molecular complexity index is 695. The lowest BCUT2D eigenvalue weighted by atomic mass is 9.94. The third-order valence-corrected chi connectivity index (χ3v) is 4.61. The molecule has 0 spiro atoms. The van der Waals surface area contributed by atoms with Crippen LogP contribution < -0.4 is 0 Å². The van der Waals surface area contributed by atoms with Gasteiger partial charge in [0.25, 0.3) is 5.69 Å². The van der Waals surface area contributed by atoms with Crippen molar-refractivity contribution in [1.29, 1.82) is 0 Å². The van der Waals surface area contributed by atoms with E-state index < -0.39 is 4.92 Å². The number of nitrogens with zero attached hydrogens (tertiary/aromatic N) is 4. The van der Waals surface area contributed by atoms with Gasteiger partial charge in [0.1, 0.15) is 0 Å². The Kier molecular flexibility index (Phi) is 5.72. The van der Waals surface area contributed by atoms with Crippen LogP contribution in [-0.4, -0.2) is 44.3 Å². The lowest BCUT2D eigenvalue weighted by molar-refractivity contribution is -0.384. The van der Waals surface area contributed by atoms with Crippen molar-refractivity contribution in [3.8, 4) is 11.5 Å². The third-order valence-electron chi connectivity index (χ3n) is 4.61. The van der Waals surface area contributed by atoms with Crippen LogP contribution in [0.4, 0.5) is 5.69 Å². The second-order valence-electron chi connectivity index (χ2n) is 6.29. The SMILES string of the molecule is O=[N+]([O-])c1ccc(-c2nnc(CN(CCO)C3CCCCC3)o2)cc1. The summed E-state index contributed by atoms with van der Waals surface area (Å²) < 4.78 is 5.72. The second-order valence-corrected chi connectivity index (χ2v) is 6.29. The average Bonchev–Trinajstić information content (AvgIpc) is 3.11. The average molecular weight is 346 g/mol. The van der Waals surface area contributed by atoms with Gasteiger partial charge in [-0.15, -0.1) is 10.2 Å². The van der Waals surface area contributed by atoms with E-state index in [1.165, 1.54) is 31.4 Å². The lowest BCUT2D eigenvalue weighted by Gasteiger charge is -2.32. The molecule has 0 atom stereocenters. The second kappa shape index (κ2) is 8.17. The fourth-order valence-corrected chi connectivity index (χ4v) is 3.30. The highest BCUT2D eigenvalue weighted by atomic mass is 16.6. The van der Waals surface area contributed by atoms with Crippen LogP contribution in [0.5, 0.6) is 0 Å². The molecule has 134 valence electrons. The van der Waals surface area contributed by atoms with Gasteiger partial charge < -0.3 is 9.52 Å². The summed E-state index contributed by atoms with van der Waals surface area (Å²) in [6, 6.07) is 6.47. The molecule has 2 aromatic rings. The minimum absolute atomic E-state index is 0.0231. The van der Waals surface area contributed by atoms with Crippen LogP contribution in [0, 0.1) is 10.1 Å². The molecule has 25 heavy (non-hydrogen) atoms. The molecule has 3 rings (SSSR count). The van der Waals surface area contributed by atoms with Crippen LogP contribution in [0.3, 0.4) is 0 Å². The Morgan fingerprint density at radius 2 is 1.92 bits per heavy atom. The molecule has 0 aliphatic heterocycles. The van der Waals surface area contributed by atoms with E-state index in [0.29, 0.717) is 36.5 Å². The highest BCUT2D eigenvalue weighted by Crippen LogP contribution is 2.25. The summed E-state index contributed by atoms with van der Waals surface area (Å²) in [6.45, 7) is 1.19. The van der Waals surface area contributed by atoms with Crippen LogP contribution >= 0.6 is 0 Å². The molecule has 0 amide bonds. The highest BCUT2D eigenvalue weighted by molar-refractivity contribution is 5.55. The fourth-order valence-electron chi connectivity index (χ4n) is 3.30. The van der Waals surface area contributed by atoms with Gasteiger partial charge in [0.05, 0.1) is 18.1 Å². The first-order valence-corrected chi connectivity index (χ1v) is 8.59. The number of hydrogen-bond donors (Lipinski definition) is 1. The van der Waals surface area contributed by atoms with E-state index in [9.17, 15) is 15.2 Å². The van der Waals surface area contributed by atoms with Crippen LogP contribution in [0.25, 0.3) is 11.5 Å². The number of aliphatic hydroxyl groups excluding tert-OH is 1. The molecule has 1 N–H and O–H groups in total. The van der Waals surface area contributed by atoms with E-state index in [0.717, 1.165) is 12.8 Å². The highest BCUT2D eigenvalue weighted by Gasteiger charge is 2.23. The van der Waals surface area contributed by atoms with Crippen LogP contribution in [0.2, 0.25) is 0 Å². The third kappa shape index (κ3) is 4.40. The van der Waals surface area contributed by atoms with Crippen molar-refractivity contribution in [2.45, 2.75) is 44.7 Å². The molecule has 8 nitrogen and oxygen atoms in total. The molecule has 1 aromatic heterocycles. The van der Waals surface area contributed by atoms with Gasteiger partial charge in [0, 0.05) is 30.3 Å². The molecule has 0 saturated heterocycles.